The van der Waals surface area contributed by atoms with E-state index in [1.807, 2.05) is 13.8 Å². The van der Waals surface area contributed by atoms with Gasteiger partial charge in [0, 0.05) is 11.8 Å². The molecule has 17 heavy (non-hydrogen) atoms. The molecule has 0 saturated carbocycles. The van der Waals surface area contributed by atoms with Crippen LogP contribution in [0.2, 0.25) is 39.3 Å². The Bertz CT molecular complexity index is 287. The third-order valence-electron chi connectivity index (χ3n) is 2.31. The predicted octanol–water partition coefficient (Wildman–Crippen LogP) is 3.43. The number of hydrogen-bond acceptors (Lipinski definition) is 3. The molecule has 0 rings (SSSR count). The lowest BCUT2D eigenvalue weighted by Gasteiger charge is -2.46. The molecule has 5 heteroatoms. The summed E-state index contributed by atoms with van der Waals surface area (Å²) in [6, 6.07) is 0. The van der Waals surface area contributed by atoms with Gasteiger partial charge in [0.05, 0.1) is 6.61 Å². The normalized spacial score (nSPS) is 13.5. The molecule has 0 heterocycles. The second-order valence-electron chi connectivity index (χ2n) is 6.21. The number of hydrogen-bond donors (Lipinski definition) is 0. The molecule has 0 fully saturated rings. The van der Waals surface area contributed by atoms with Gasteiger partial charge in [-0.1, -0.05) is 39.3 Å². The van der Waals surface area contributed by atoms with Crippen LogP contribution in [0.15, 0.2) is 11.8 Å². The molecule has 0 aliphatic heterocycles. The van der Waals surface area contributed by atoms with Gasteiger partial charge >= 0.3 is 5.97 Å². The van der Waals surface area contributed by atoms with Gasteiger partial charge in [-0.05, 0) is 13.8 Å². The van der Waals surface area contributed by atoms with Gasteiger partial charge in [0.15, 0.2) is 0 Å². The molecule has 0 aliphatic carbocycles. The minimum absolute atomic E-state index is 0.230. The summed E-state index contributed by atoms with van der Waals surface area (Å²) >= 11 is 0. The van der Waals surface area contributed by atoms with Crippen LogP contribution >= 0.6 is 0 Å². The molecule has 0 aromatic heterocycles. The Morgan fingerprint density at radius 2 is 1.53 bits per heavy atom. The minimum atomic E-state index is -1.46. The van der Waals surface area contributed by atoms with Crippen molar-refractivity contribution in [1.82, 2.24) is 4.23 Å². The third-order valence-corrected chi connectivity index (χ3v) is 9.72. The van der Waals surface area contributed by atoms with Crippen LogP contribution in [0.5, 0.6) is 0 Å². The molecule has 0 radical (unpaired) electrons. The first kappa shape index (κ1) is 16.4. The van der Waals surface area contributed by atoms with Crippen molar-refractivity contribution in [2.45, 2.75) is 53.1 Å². The second-order valence-corrected chi connectivity index (χ2v) is 16.2. The van der Waals surface area contributed by atoms with Gasteiger partial charge in [-0.3, -0.25) is 0 Å². The Kier molecular flexibility index (Phi) is 5.67. The lowest BCUT2D eigenvalue weighted by atomic mass is 10.4. The lowest BCUT2D eigenvalue weighted by molar-refractivity contribution is -0.137. The standard InChI is InChI=1S/C12H27NO2Si2/c1-9-15-12(14)10-11(2)13(16(3,4)5)17(6,7)8/h10H,9H2,1-8H3/b11-10-. The molecule has 0 atom stereocenters. The van der Waals surface area contributed by atoms with Gasteiger partial charge in [0.1, 0.15) is 16.5 Å². The molecular formula is C12H27NO2Si2. The summed E-state index contributed by atoms with van der Waals surface area (Å²) in [5, 5.41) is 0. The SMILES string of the molecule is CCOC(=O)/C=C(/C)N([Si](C)(C)C)[Si](C)(C)C. The number of ether oxygens (including phenoxy) is 1. The molecule has 0 bridgehead atoms. The van der Waals surface area contributed by atoms with E-state index < -0.39 is 16.5 Å². The van der Waals surface area contributed by atoms with Crippen LogP contribution in [-0.4, -0.2) is 33.3 Å². The maximum absolute atomic E-state index is 11.5. The Morgan fingerprint density at radius 1 is 1.12 bits per heavy atom. The van der Waals surface area contributed by atoms with E-state index in [2.05, 4.69) is 43.5 Å². The average molecular weight is 274 g/mol. The lowest BCUT2D eigenvalue weighted by Crippen LogP contribution is -2.57. The van der Waals surface area contributed by atoms with E-state index in [-0.39, 0.29) is 5.97 Å². The number of rotatable bonds is 5. The third kappa shape index (κ3) is 5.54. The Balaban J connectivity index is 5.16. The van der Waals surface area contributed by atoms with Crippen molar-refractivity contribution in [3.8, 4) is 0 Å². The molecule has 0 N–H and O–H groups in total. The fraction of sp³-hybridized carbons (Fsp3) is 0.750. The number of nitrogens with zero attached hydrogens (tertiary/aromatic N) is 1. The molecule has 0 aromatic carbocycles. The average Bonchev–Trinajstić information content (AvgIpc) is 1.96. The smallest absolute Gasteiger partial charge is 0.332 e. The van der Waals surface area contributed by atoms with Crippen molar-refractivity contribution < 1.29 is 9.53 Å². The van der Waals surface area contributed by atoms with Gasteiger partial charge < -0.3 is 8.97 Å². The van der Waals surface area contributed by atoms with Crippen molar-refractivity contribution in [3.05, 3.63) is 11.8 Å². The van der Waals surface area contributed by atoms with Crippen LogP contribution in [0.1, 0.15) is 13.8 Å². The minimum Gasteiger partial charge on any atom is -0.463 e. The maximum Gasteiger partial charge on any atom is 0.332 e. The van der Waals surface area contributed by atoms with Crippen molar-refractivity contribution in [1.29, 1.82) is 0 Å². The van der Waals surface area contributed by atoms with E-state index in [1.54, 1.807) is 6.08 Å². The van der Waals surface area contributed by atoms with Crippen LogP contribution in [-0.2, 0) is 9.53 Å². The molecular weight excluding hydrogens is 246 g/mol. The molecule has 0 spiro atoms. The van der Waals surface area contributed by atoms with Crippen LogP contribution in [0, 0.1) is 0 Å². The highest BCUT2D eigenvalue weighted by molar-refractivity contribution is 6.90. The Morgan fingerprint density at radius 3 is 1.82 bits per heavy atom. The van der Waals surface area contributed by atoms with Crippen LogP contribution < -0.4 is 0 Å². The van der Waals surface area contributed by atoms with Crippen molar-refractivity contribution in [3.63, 3.8) is 0 Å². The number of esters is 1. The maximum atomic E-state index is 11.5. The monoisotopic (exact) mass is 273 g/mol. The summed E-state index contributed by atoms with van der Waals surface area (Å²) in [5.41, 5.74) is 1.06. The van der Waals surface area contributed by atoms with E-state index in [4.69, 9.17) is 4.74 Å². The molecule has 0 saturated heterocycles. The molecule has 0 aliphatic rings. The second kappa shape index (κ2) is 5.86. The highest BCUT2D eigenvalue weighted by atomic mass is 28.4. The van der Waals surface area contributed by atoms with E-state index in [0.29, 0.717) is 6.61 Å². The summed E-state index contributed by atoms with van der Waals surface area (Å²) in [7, 11) is -2.91. The quantitative estimate of drug-likeness (QED) is 0.437. The largest absolute Gasteiger partial charge is 0.463 e. The number of carbonyl (C=O) groups is 1. The molecule has 3 nitrogen and oxygen atoms in total. The fourth-order valence-electron chi connectivity index (χ4n) is 2.48. The van der Waals surface area contributed by atoms with E-state index >= 15 is 0 Å². The van der Waals surface area contributed by atoms with Crippen LogP contribution in [0.4, 0.5) is 0 Å². The van der Waals surface area contributed by atoms with Crippen LogP contribution in [0.25, 0.3) is 0 Å². The number of allylic oxidation sites excluding steroid dienone is 1. The van der Waals surface area contributed by atoms with E-state index in [1.165, 1.54) is 0 Å². The molecule has 0 aromatic rings. The summed E-state index contributed by atoms with van der Waals surface area (Å²) in [6.07, 6.45) is 1.64. The summed E-state index contributed by atoms with van der Waals surface area (Å²) in [5.74, 6) is -0.230. The zero-order chi connectivity index (χ0) is 13.9. The Hall–Kier alpha value is -0.556. The molecule has 100 valence electrons. The van der Waals surface area contributed by atoms with E-state index in [0.717, 1.165) is 5.70 Å². The highest BCUT2D eigenvalue weighted by Gasteiger charge is 2.34. The highest BCUT2D eigenvalue weighted by Crippen LogP contribution is 2.24. The first-order valence-electron chi connectivity index (χ1n) is 6.15. The molecule has 0 unspecified atom stereocenters. The summed E-state index contributed by atoms with van der Waals surface area (Å²) < 4.78 is 7.49. The van der Waals surface area contributed by atoms with Gasteiger partial charge in [-0.2, -0.15) is 0 Å². The van der Waals surface area contributed by atoms with Gasteiger partial charge in [0.25, 0.3) is 0 Å². The predicted molar refractivity (Wildman–Crippen MR) is 78.9 cm³/mol. The zero-order valence-electron chi connectivity index (χ0n) is 12.5. The van der Waals surface area contributed by atoms with Gasteiger partial charge in [0.2, 0.25) is 0 Å². The molecule has 0 amide bonds. The van der Waals surface area contributed by atoms with Crippen LogP contribution in [0.3, 0.4) is 0 Å². The summed E-state index contributed by atoms with van der Waals surface area (Å²) in [6.45, 7) is 18.2. The fourth-order valence-corrected chi connectivity index (χ4v) is 12.8. The number of carbonyl (C=O) groups excluding carboxylic acids is 1. The first-order valence-corrected chi connectivity index (χ1v) is 13.0. The van der Waals surface area contributed by atoms with Crippen molar-refractivity contribution in [2.24, 2.45) is 0 Å². The van der Waals surface area contributed by atoms with Crippen molar-refractivity contribution >= 4 is 22.4 Å². The van der Waals surface area contributed by atoms with Gasteiger partial charge in [-0.25, -0.2) is 4.79 Å². The Labute approximate surface area is 108 Å². The topological polar surface area (TPSA) is 29.5 Å². The van der Waals surface area contributed by atoms with Gasteiger partial charge in [-0.15, -0.1) is 0 Å². The zero-order valence-corrected chi connectivity index (χ0v) is 14.5. The summed E-state index contributed by atoms with van der Waals surface area (Å²) in [4.78, 5) is 11.5. The van der Waals surface area contributed by atoms with E-state index in [9.17, 15) is 4.79 Å². The first-order chi connectivity index (χ1) is 7.50. The van der Waals surface area contributed by atoms with Crippen molar-refractivity contribution in [2.75, 3.05) is 6.61 Å².